The fraction of sp³-hybridized carbons (Fsp3) is 0.360. The number of ether oxygens (including phenoxy) is 2. The minimum absolute atomic E-state index is 0.299. The standard InChI is InChI=1S/C25H29N3O3/c1-4-10-20-22(24(29)30-6-3)23(17-11-9-12-18(16-17)31-15-5-2)28-21-14-8-7-13-19(21)26-25(28)27-20/h7-9,11-14,16,23H,4-6,10,15H2,1-3H3,(H,26,27)/t23-/m1/s1. The van der Waals surface area contributed by atoms with Gasteiger partial charge in [0.2, 0.25) is 5.95 Å². The van der Waals surface area contributed by atoms with E-state index in [1.54, 1.807) is 0 Å². The van der Waals surface area contributed by atoms with Crippen LogP contribution < -0.4 is 10.1 Å². The van der Waals surface area contributed by atoms with Gasteiger partial charge < -0.3 is 14.8 Å². The normalized spacial score (nSPS) is 15.5. The van der Waals surface area contributed by atoms with Crippen LogP contribution in [0.25, 0.3) is 11.0 Å². The molecule has 1 N–H and O–H groups in total. The fourth-order valence-corrected chi connectivity index (χ4v) is 4.09. The van der Waals surface area contributed by atoms with Crippen LogP contribution in [0, 0.1) is 0 Å². The molecule has 0 fully saturated rings. The van der Waals surface area contributed by atoms with Crippen molar-refractivity contribution in [3.05, 3.63) is 65.4 Å². The van der Waals surface area contributed by atoms with Crippen LogP contribution in [-0.4, -0.2) is 28.7 Å². The molecule has 2 heterocycles. The Morgan fingerprint density at radius 3 is 2.71 bits per heavy atom. The van der Waals surface area contributed by atoms with E-state index < -0.39 is 0 Å². The largest absolute Gasteiger partial charge is 0.494 e. The summed E-state index contributed by atoms with van der Waals surface area (Å²) < 4.78 is 13.5. The second-order valence-corrected chi connectivity index (χ2v) is 7.61. The molecule has 1 aliphatic rings. The van der Waals surface area contributed by atoms with Gasteiger partial charge in [-0.2, -0.15) is 0 Å². The summed E-state index contributed by atoms with van der Waals surface area (Å²) in [6, 6.07) is 15.6. The Kier molecular flexibility index (Phi) is 6.26. The summed E-state index contributed by atoms with van der Waals surface area (Å²) in [5.74, 6) is 1.23. The van der Waals surface area contributed by atoms with Crippen LogP contribution in [-0.2, 0) is 9.53 Å². The highest BCUT2D eigenvalue weighted by Crippen LogP contribution is 2.41. The van der Waals surface area contributed by atoms with Crippen LogP contribution >= 0.6 is 0 Å². The maximum atomic E-state index is 13.2. The van der Waals surface area contributed by atoms with Crippen molar-refractivity contribution in [2.45, 2.75) is 46.1 Å². The number of hydrogen-bond donors (Lipinski definition) is 1. The van der Waals surface area contributed by atoms with Crippen LogP contribution in [0.15, 0.2) is 59.8 Å². The number of esters is 1. The van der Waals surface area contributed by atoms with E-state index in [1.807, 2.05) is 55.5 Å². The number of imidazole rings is 1. The Labute approximate surface area is 182 Å². The SMILES string of the molecule is CCCOc1cccc([C@@H]2C(C(=O)OCC)=C(CCC)Nc3nc4ccccc4n32)c1. The Morgan fingerprint density at radius 2 is 1.94 bits per heavy atom. The molecule has 3 aromatic rings. The van der Waals surface area contributed by atoms with Gasteiger partial charge in [-0.3, -0.25) is 4.57 Å². The van der Waals surface area contributed by atoms with E-state index >= 15 is 0 Å². The van der Waals surface area contributed by atoms with E-state index in [-0.39, 0.29) is 12.0 Å². The van der Waals surface area contributed by atoms with Crippen LogP contribution in [0.1, 0.15) is 51.6 Å². The lowest BCUT2D eigenvalue weighted by atomic mass is 9.93. The van der Waals surface area contributed by atoms with E-state index in [1.165, 1.54) is 0 Å². The molecular weight excluding hydrogens is 390 g/mol. The smallest absolute Gasteiger partial charge is 0.338 e. The van der Waals surface area contributed by atoms with Gasteiger partial charge in [0.25, 0.3) is 0 Å². The van der Waals surface area contributed by atoms with Gasteiger partial charge in [0.15, 0.2) is 0 Å². The minimum atomic E-state index is -0.352. The van der Waals surface area contributed by atoms with Crippen molar-refractivity contribution in [3.8, 4) is 5.75 Å². The summed E-state index contributed by atoms with van der Waals surface area (Å²) in [7, 11) is 0. The Morgan fingerprint density at radius 1 is 1.10 bits per heavy atom. The quantitative estimate of drug-likeness (QED) is 0.491. The maximum absolute atomic E-state index is 13.2. The molecule has 1 aromatic heterocycles. The molecule has 0 saturated heterocycles. The molecule has 1 aliphatic heterocycles. The number of nitrogens with one attached hydrogen (secondary N) is 1. The predicted octanol–water partition coefficient (Wildman–Crippen LogP) is 5.46. The van der Waals surface area contributed by atoms with E-state index in [9.17, 15) is 4.79 Å². The highest BCUT2D eigenvalue weighted by atomic mass is 16.5. The number of benzene rings is 2. The van der Waals surface area contributed by atoms with Crippen molar-refractivity contribution < 1.29 is 14.3 Å². The number of allylic oxidation sites excluding steroid dienone is 1. The molecule has 4 rings (SSSR count). The summed E-state index contributed by atoms with van der Waals surface area (Å²) in [5, 5.41) is 3.42. The predicted molar refractivity (Wildman–Crippen MR) is 122 cm³/mol. The first-order chi connectivity index (χ1) is 15.2. The average Bonchev–Trinajstić information content (AvgIpc) is 3.15. The second-order valence-electron chi connectivity index (χ2n) is 7.61. The van der Waals surface area contributed by atoms with Gasteiger partial charge in [0.1, 0.15) is 5.75 Å². The highest BCUT2D eigenvalue weighted by molar-refractivity contribution is 5.94. The summed E-state index contributed by atoms with van der Waals surface area (Å²) in [6.45, 7) is 6.99. The molecule has 1 atom stereocenters. The molecule has 0 saturated carbocycles. The summed E-state index contributed by atoms with van der Waals surface area (Å²) >= 11 is 0. The number of rotatable bonds is 8. The lowest BCUT2D eigenvalue weighted by Gasteiger charge is -2.31. The number of aromatic nitrogens is 2. The zero-order valence-corrected chi connectivity index (χ0v) is 18.4. The van der Waals surface area contributed by atoms with Gasteiger partial charge in [-0.05, 0) is 49.6 Å². The minimum Gasteiger partial charge on any atom is -0.494 e. The summed E-state index contributed by atoms with van der Waals surface area (Å²) in [5.41, 5.74) is 4.32. The zero-order valence-electron chi connectivity index (χ0n) is 18.4. The van der Waals surface area contributed by atoms with Gasteiger partial charge in [-0.1, -0.05) is 44.5 Å². The number of carbonyl (C=O) groups excluding carboxylic acids is 1. The number of hydrogen-bond acceptors (Lipinski definition) is 5. The van der Waals surface area contributed by atoms with Gasteiger partial charge in [0.05, 0.1) is 35.9 Å². The third-order valence-corrected chi connectivity index (χ3v) is 5.36. The van der Waals surface area contributed by atoms with Crippen molar-refractivity contribution in [2.24, 2.45) is 0 Å². The number of para-hydroxylation sites is 2. The Balaban J connectivity index is 1.93. The molecule has 6 nitrogen and oxygen atoms in total. The van der Waals surface area contributed by atoms with Crippen molar-refractivity contribution in [3.63, 3.8) is 0 Å². The third kappa shape index (κ3) is 4.02. The summed E-state index contributed by atoms with van der Waals surface area (Å²) in [6.07, 6.45) is 2.57. The number of fused-ring (bicyclic) bond motifs is 3. The molecule has 6 heteroatoms. The molecule has 0 spiro atoms. The third-order valence-electron chi connectivity index (χ3n) is 5.36. The highest BCUT2D eigenvalue weighted by Gasteiger charge is 2.36. The molecular formula is C25H29N3O3. The second kappa shape index (κ2) is 9.25. The van der Waals surface area contributed by atoms with Crippen molar-refractivity contribution >= 4 is 23.0 Å². The molecule has 0 unspecified atom stereocenters. The number of anilines is 1. The molecule has 2 aromatic carbocycles. The molecule has 0 radical (unpaired) electrons. The lowest BCUT2D eigenvalue weighted by molar-refractivity contribution is -0.139. The number of carbonyl (C=O) groups is 1. The van der Waals surface area contributed by atoms with Crippen LogP contribution in [0.2, 0.25) is 0 Å². The Hall–Kier alpha value is -3.28. The van der Waals surface area contributed by atoms with Crippen molar-refractivity contribution in [2.75, 3.05) is 18.5 Å². The monoisotopic (exact) mass is 419 g/mol. The molecule has 0 aliphatic carbocycles. The van der Waals surface area contributed by atoms with Crippen molar-refractivity contribution in [1.82, 2.24) is 9.55 Å². The van der Waals surface area contributed by atoms with Crippen LogP contribution in [0.3, 0.4) is 0 Å². The van der Waals surface area contributed by atoms with Gasteiger partial charge in [-0.25, -0.2) is 9.78 Å². The van der Waals surface area contributed by atoms with Gasteiger partial charge >= 0.3 is 5.97 Å². The average molecular weight is 420 g/mol. The lowest BCUT2D eigenvalue weighted by Crippen LogP contribution is -2.29. The van der Waals surface area contributed by atoms with E-state index in [0.717, 1.165) is 53.3 Å². The van der Waals surface area contributed by atoms with Gasteiger partial charge in [0, 0.05) is 5.70 Å². The molecule has 0 amide bonds. The number of nitrogens with zero attached hydrogens (tertiary/aromatic N) is 2. The van der Waals surface area contributed by atoms with Crippen LogP contribution in [0.5, 0.6) is 5.75 Å². The summed E-state index contributed by atoms with van der Waals surface area (Å²) in [4.78, 5) is 18.0. The molecule has 162 valence electrons. The van der Waals surface area contributed by atoms with Gasteiger partial charge in [-0.15, -0.1) is 0 Å². The Bertz CT molecular complexity index is 1120. The first-order valence-corrected chi connectivity index (χ1v) is 11.0. The fourth-order valence-electron chi connectivity index (χ4n) is 4.09. The first kappa shape index (κ1) is 21.0. The molecule has 0 bridgehead atoms. The maximum Gasteiger partial charge on any atom is 0.338 e. The van der Waals surface area contributed by atoms with E-state index in [2.05, 4.69) is 23.7 Å². The van der Waals surface area contributed by atoms with E-state index in [4.69, 9.17) is 14.5 Å². The zero-order chi connectivity index (χ0) is 21.8. The first-order valence-electron chi connectivity index (χ1n) is 11.0. The molecule has 31 heavy (non-hydrogen) atoms. The van der Waals surface area contributed by atoms with Crippen molar-refractivity contribution in [1.29, 1.82) is 0 Å². The topological polar surface area (TPSA) is 65.4 Å². The van der Waals surface area contributed by atoms with Crippen LogP contribution in [0.4, 0.5) is 5.95 Å². The van der Waals surface area contributed by atoms with E-state index in [0.29, 0.717) is 18.8 Å².